The van der Waals surface area contributed by atoms with Crippen LogP contribution in [0.25, 0.3) is 11.0 Å². The summed E-state index contributed by atoms with van der Waals surface area (Å²) in [6.45, 7) is 0.543. The predicted octanol–water partition coefficient (Wildman–Crippen LogP) is 0.818. The summed E-state index contributed by atoms with van der Waals surface area (Å²) in [4.78, 5) is 26.0. The number of aliphatic hydroxyl groups is 2. The molecule has 0 radical (unpaired) electrons. The van der Waals surface area contributed by atoms with Crippen LogP contribution < -0.4 is 21.3 Å². The fourth-order valence-corrected chi connectivity index (χ4v) is 4.16. The predicted molar refractivity (Wildman–Crippen MR) is 120 cm³/mol. The lowest BCUT2D eigenvalue weighted by Crippen LogP contribution is -2.58. The van der Waals surface area contributed by atoms with E-state index >= 15 is 0 Å². The molecule has 0 aliphatic carbocycles. The molecule has 1 aromatic heterocycles. The van der Waals surface area contributed by atoms with Crippen molar-refractivity contribution >= 4 is 45.7 Å². The van der Waals surface area contributed by atoms with Crippen LogP contribution >= 0.6 is 0 Å². The maximum atomic E-state index is 12.7. The van der Waals surface area contributed by atoms with Gasteiger partial charge >= 0.3 is 0 Å². The number of aromatic nitrogens is 1. The summed E-state index contributed by atoms with van der Waals surface area (Å²) in [6, 6.07) is 10.3. The number of anilines is 4. The lowest BCUT2D eigenvalue weighted by molar-refractivity contribution is -0.148. The van der Waals surface area contributed by atoms with E-state index < -0.39 is 24.3 Å². The van der Waals surface area contributed by atoms with Gasteiger partial charge in [0.05, 0.1) is 12.0 Å². The molecule has 3 atom stereocenters. The molecule has 6 N–H and O–H groups in total. The molecule has 11 heteroatoms. The molecule has 1 unspecified atom stereocenters. The van der Waals surface area contributed by atoms with Crippen LogP contribution in [-0.4, -0.2) is 58.8 Å². The largest absolute Gasteiger partial charge is 0.380 e. The van der Waals surface area contributed by atoms with E-state index in [4.69, 9.17) is 15.0 Å². The highest BCUT2D eigenvalue weighted by atomic mass is 16.5. The molecule has 2 aliphatic rings. The van der Waals surface area contributed by atoms with Gasteiger partial charge in [-0.3, -0.25) is 9.59 Å². The lowest BCUT2D eigenvalue weighted by atomic mass is 10.0. The molecule has 0 saturated carbocycles. The molecule has 0 spiro atoms. The van der Waals surface area contributed by atoms with Crippen LogP contribution in [0, 0.1) is 0 Å². The second kappa shape index (κ2) is 8.35. The Kier molecular flexibility index (Phi) is 5.36. The zero-order chi connectivity index (χ0) is 23.1. The molecule has 3 heterocycles. The molecule has 172 valence electrons. The van der Waals surface area contributed by atoms with Crippen LogP contribution in [-0.2, 0) is 20.7 Å². The highest BCUT2D eigenvalue weighted by molar-refractivity contribution is 5.97. The highest BCUT2D eigenvalue weighted by Crippen LogP contribution is 2.31. The number of aryl methyl sites for hydroxylation is 1. The van der Waals surface area contributed by atoms with E-state index in [0.717, 1.165) is 5.56 Å². The molecule has 1 saturated heterocycles. The lowest BCUT2D eigenvalue weighted by Gasteiger charge is -2.41. The Morgan fingerprint density at radius 2 is 2.12 bits per heavy atom. The molecule has 2 aliphatic heterocycles. The monoisotopic (exact) mass is 453 g/mol. The minimum atomic E-state index is -1.64. The number of nitrogens with one attached hydrogen (secondary N) is 2. The van der Waals surface area contributed by atoms with Crippen LogP contribution in [0.15, 0.2) is 40.9 Å². The quantitative estimate of drug-likeness (QED) is 0.385. The smallest absolute Gasteiger partial charge is 0.256 e. The minimum Gasteiger partial charge on any atom is -0.380 e. The fourth-order valence-electron chi connectivity index (χ4n) is 4.16. The number of aliphatic hydroxyl groups excluding tert-OH is 2. The average molecular weight is 453 g/mol. The SMILES string of the molecule is Nc1noc2cc(NC(=O)[C@H](O)[C@H]3OCCN(c4ccc5c(c4)NC(=O)CC5)C3O)ccc12. The summed E-state index contributed by atoms with van der Waals surface area (Å²) in [6.07, 6.45) is -3.02. The van der Waals surface area contributed by atoms with Crippen LogP contribution in [0.5, 0.6) is 0 Å². The van der Waals surface area contributed by atoms with Gasteiger partial charge in [0, 0.05) is 36.1 Å². The third-order valence-electron chi connectivity index (χ3n) is 5.92. The Labute approximate surface area is 188 Å². The number of benzene rings is 2. The van der Waals surface area contributed by atoms with Crippen LogP contribution in [0.1, 0.15) is 12.0 Å². The Morgan fingerprint density at radius 1 is 1.27 bits per heavy atom. The molecule has 2 aromatic carbocycles. The summed E-state index contributed by atoms with van der Waals surface area (Å²) in [5.41, 5.74) is 8.81. The van der Waals surface area contributed by atoms with Gasteiger partial charge in [0.1, 0.15) is 6.10 Å². The zero-order valence-electron chi connectivity index (χ0n) is 17.5. The maximum absolute atomic E-state index is 12.7. The topological polar surface area (TPSA) is 163 Å². The molecule has 5 rings (SSSR count). The molecular formula is C22H23N5O6. The zero-order valence-corrected chi connectivity index (χ0v) is 17.5. The molecule has 3 aromatic rings. The van der Waals surface area contributed by atoms with Gasteiger partial charge in [0.25, 0.3) is 5.91 Å². The van der Waals surface area contributed by atoms with Crippen molar-refractivity contribution in [1.29, 1.82) is 0 Å². The molecule has 2 amide bonds. The number of amides is 2. The van der Waals surface area contributed by atoms with Crippen LogP contribution in [0.3, 0.4) is 0 Å². The average Bonchev–Trinajstić information content (AvgIpc) is 3.18. The molecule has 33 heavy (non-hydrogen) atoms. The Balaban J connectivity index is 1.30. The van der Waals surface area contributed by atoms with Crippen molar-refractivity contribution in [2.45, 2.75) is 31.3 Å². The van der Waals surface area contributed by atoms with Gasteiger partial charge in [-0.2, -0.15) is 0 Å². The Morgan fingerprint density at radius 3 is 2.97 bits per heavy atom. The number of nitrogen functional groups attached to an aromatic ring is 1. The van der Waals surface area contributed by atoms with Crippen molar-refractivity contribution in [3.63, 3.8) is 0 Å². The molecule has 11 nitrogen and oxygen atoms in total. The number of ether oxygens (including phenoxy) is 1. The van der Waals surface area contributed by atoms with E-state index in [1.807, 2.05) is 12.1 Å². The van der Waals surface area contributed by atoms with E-state index in [-0.39, 0.29) is 18.3 Å². The first-order valence-electron chi connectivity index (χ1n) is 10.5. The first kappa shape index (κ1) is 21.2. The number of nitrogens with two attached hydrogens (primary N) is 1. The van der Waals surface area contributed by atoms with Crippen LogP contribution in [0.4, 0.5) is 22.9 Å². The maximum Gasteiger partial charge on any atom is 0.256 e. The second-order valence-electron chi connectivity index (χ2n) is 8.04. The molecule has 0 bridgehead atoms. The van der Waals surface area contributed by atoms with Crippen molar-refractivity contribution in [2.75, 3.05) is 34.4 Å². The first-order chi connectivity index (χ1) is 15.9. The number of carbonyl (C=O) groups is 2. The number of nitrogens with zero attached hydrogens (tertiary/aromatic N) is 2. The number of hydrogen-bond donors (Lipinski definition) is 5. The van der Waals surface area contributed by atoms with Crippen molar-refractivity contribution < 1.29 is 29.1 Å². The fraction of sp³-hybridized carbons (Fsp3) is 0.318. The summed E-state index contributed by atoms with van der Waals surface area (Å²) in [5.74, 6) is -0.563. The first-order valence-corrected chi connectivity index (χ1v) is 10.5. The highest BCUT2D eigenvalue weighted by Gasteiger charge is 2.39. The summed E-state index contributed by atoms with van der Waals surface area (Å²) in [5, 5.41) is 31.2. The van der Waals surface area contributed by atoms with E-state index in [2.05, 4.69) is 15.8 Å². The molecule has 1 fully saturated rings. The van der Waals surface area contributed by atoms with Crippen molar-refractivity contribution in [3.8, 4) is 0 Å². The summed E-state index contributed by atoms with van der Waals surface area (Å²) in [7, 11) is 0. The van der Waals surface area contributed by atoms with Gasteiger partial charge in [0.2, 0.25) is 5.91 Å². The third-order valence-corrected chi connectivity index (χ3v) is 5.92. The minimum absolute atomic E-state index is 0.0571. The van der Waals surface area contributed by atoms with Crippen molar-refractivity contribution in [2.24, 2.45) is 0 Å². The van der Waals surface area contributed by atoms with Crippen molar-refractivity contribution in [3.05, 3.63) is 42.0 Å². The number of fused-ring (bicyclic) bond motifs is 2. The normalized spacial score (nSPS) is 21.4. The van der Waals surface area contributed by atoms with Gasteiger partial charge in [-0.15, -0.1) is 0 Å². The van der Waals surface area contributed by atoms with Gasteiger partial charge < -0.3 is 40.7 Å². The van der Waals surface area contributed by atoms with E-state index in [1.165, 1.54) is 6.07 Å². The number of morpholine rings is 1. The Hall–Kier alpha value is -3.67. The summed E-state index contributed by atoms with van der Waals surface area (Å²) >= 11 is 0. The van der Waals surface area contributed by atoms with Gasteiger partial charge in [-0.05, 0) is 36.2 Å². The second-order valence-corrected chi connectivity index (χ2v) is 8.04. The number of carbonyl (C=O) groups excluding carboxylic acids is 2. The number of hydrogen-bond acceptors (Lipinski definition) is 9. The van der Waals surface area contributed by atoms with Gasteiger partial charge in [-0.1, -0.05) is 11.2 Å². The standard InChI is InChI=1S/C22H23N5O6/c23-20-14-5-3-12(9-16(14)33-26-20)24-21(30)18(29)19-22(31)27(7-8-32-19)13-4-1-11-2-6-17(28)25-15(11)10-13/h1,3-5,9-10,18-19,22,29,31H,2,6-8H2,(H2,23,26)(H,24,30)(H,25,28)/t18-,19-,22?/m1/s1. The number of rotatable bonds is 4. The van der Waals surface area contributed by atoms with Crippen molar-refractivity contribution in [1.82, 2.24) is 5.16 Å². The third kappa shape index (κ3) is 3.97. The summed E-state index contributed by atoms with van der Waals surface area (Å²) < 4.78 is 10.6. The molecular weight excluding hydrogens is 430 g/mol. The van der Waals surface area contributed by atoms with E-state index in [9.17, 15) is 19.8 Å². The van der Waals surface area contributed by atoms with Gasteiger partial charge in [-0.25, -0.2) is 0 Å². The van der Waals surface area contributed by atoms with E-state index in [0.29, 0.717) is 47.4 Å². The Bertz CT molecular complexity index is 1230. The van der Waals surface area contributed by atoms with Crippen LogP contribution in [0.2, 0.25) is 0 Å². The van der Waals surface area contributed by atoms with Gasteiger partial charge in [0.15, 0.2) is 23.7 Å². The van der Waals surface area contributed by atoms with E-state index in [1.54, 1.807) is 23.1 Å².